The van der Waals surface area contributed by atoms with Crippen LogP contribution < -0.4 is 22.1 Å². The van der Waals surface area contributed by atoms with Crippen LogP contribution in [0.1, 0.15) is 17.5 Å². The lowest BCUT2D eigenvalue weighted by Gasteiger charge is -2.21. The fourth-order valence-corrected chi connectivity index (χ4v) is 3.26. The Hall–Kier alpha value is -3.57. The van der Waals surface area contributed by atoms with Crippen molar-refractivity contribution in [2.24, 2.45) is 11.5 Å². The zero-order valence-electron chi connectivity index (χ0n) is 17.9. The maximum absolute atomic E-state index is 13.5. The van der Waals surface area contributed by atoms with Gasteiger partial charge in [-0.3, -0.25) is 14.6 Å². The number of fused-ring (bicyclic) bond motifs is 1. The molecule has 11 heteroatoms. The first-order chi connectivity index (χ1) is 16.1. The molecule has 0 bridgehead atoms. The molecule has 3 rings (SSSR count). The van der Waals surface area contributed by atoms with Crippen LogP contribution in [-0.2, 0) is 22.2 Å². The summed E-state index contributed by atoms with van der Waals surface area (Å²) in [6.45, 7) is 0.156. The van der Waals surface area contributed by atoms with Crippen LogP contribution >= 0.6 is 0 Å². The molecule has 2 aromatic carbocycles. The highest BCUT2D eigenvalue weighted by Gasteiger charge is 2.30. The van der Waals surface area contributed by atoms with Crippen LogP contribution in [0.25, 0.3) is 10.9 Å². The number of alkyl halides is 3. The molecule has 0 aliphatic rings. The highest BCUT2D eigenvalue weighted by molar-refractivity contribution is 5.99. The van der Waals surface area contributed by atoms with Gasteiger partial charge in [0.25, 0.3) is 0 Å². The number of anilines is 1. The van der Waals surface area contributed by atoms with Crippen LogP contribution in [0.15, 0.2) is 54.7 Å². The van der Waals surface area contributed by atoms with Crippen LogP contribution in [0.4, 0.5) is 23.2 Å². The average molecular weight is 477 g/mol. The highest BCUT2D eigenvalue weighted by Crippen LogP contribution is 2.29. The minimum absolute atomic E-state index is 0.0965. The number of carbonyl (C=O) groups excluding carboxylic acids is 2. The molecule has 0 spiro atoms. The van der Waals surface area contributed by atoms with Crippen LogP contribution in [0, 0.1) is 5.82 Å². The molecule has 0 saturated carbocycles. The summed E-state index contributed by atoms with van der Waals surface area (Å²) in [5.41, 5.74) is 11.5. The molecule has 1 aromatic heterocycles. The van der Waals surface area contributed by atoms with E-state index in [1.807, 2.05) is 0 Å². The van der Waals surface area contributed by atoms with Crippen molar-refractivity contribution in [1.29, 1.82) is 0 Å². The SMILES string of the molecule is NCC[C@H](N)C(=O)N[C@H](Cc1ccc(C(F)(F)F)cc1)C(=O)Nc1cnc2ccc(F)cc2c1. The molecular formula is C23H23F4N5O2. The molecule has 0 radical (unpaired) electrons. The number of halogens is 4. The van der Waals surface area contributed by atoms with Gasteiger partial charge in [0.15, 0.2) is 0 Å². The third kappa shape index (κ3) is 6.49. The maximum atomic E-state index is 13.5. The number of hydrogen-bond acceptors (Lipinski definition) is 5. The van der Waals surface area contributed by atoms with Gasteiger partial charge in [-0.05, 0) is 54.9 Å². The number of rotatable bonds is 8. The number of nitrogens with two attached hydrogens (primary N) is 2. The normalized spacial score (nSPS) is 13.4. The van der Waals surface area contributed by atoms with Gasteiger partial charge in [-0.15, -0.1) is 0 Å². The van der Waals surface area contributed by atoms with E-state index < -0.39 is 41.5 Å². The lowest BCUT2D eigenvalue weighted by Crippen LogP contribution is -2.51. The van der Waals surface area contributed by atoms with Crippen molar-refractivity contribution in [3.8, 4) is 0 Å². The van der Waals surface area contributed by atoms with Gasteiger partial charge in [0.05, 0.1) is 29.0 Å². The molecule has 1 heterocycles. The van der Waals surface area contributed by atoms with E-state index in [-0.39, 0.29) is 25.1 Å². The maximum Gasteiger partial charge on any atom is 0.416 e. The van der Waals surface area contributed by atoms with Crippen molar-refractivity contribution < 1.29 is 27.2 Å². The summed E-state index contributed by atoms with van der Waals surface area (Å²) in [6, 6.07) is 7.66. The second-order valence-corrected chi connectivity index (χ2v) is 7.69. The Kier molecular flexibility index (Phi) is 7.79. The van der Waals surface area contributed by atoms with Gasteiger partial charge in [-0.1, -0.05) is 12.1 Å². The standard InChI is InChI=1S/C23H23F4N5O2/c24-16-5-6-19-14(10-16)11-17(12-30-19)31-22(34)20(32-21(33)18(29)7-8-28)9-13-1-3-15(4-2-13)23(25,26)27/h1-6,10-12,18,20H,7-9,28-29H2,(H,31,34)(H,32,33)/t18-,20+/m0/s1. The molecule has 6 N–H and O–H groups in total. The van der Waals surface area contributed by atoms with Crippen LogP contribution in [0.5, 0.6) is 0 Å². The highest BCUT2D eigenvalue weighted by atomic mass is 19.4. The smallest absolute Gasteiger partial charge is 0.343 e. The number of aromatic nitrogens is 1. The largest absolute Gasteiger partial charge is 0.416 e. The third-order valence-electron chi connectivity index (χ3n) is 5.08. The molecule has 2 atom stereocenters. The summed E-state index contributed by atoms with van der Waals surface area (Å²) >= 11 is 0. The molecule has 0 fully saturated rings. The predicted octanol–water partition coefficient (Wildman–Crippen LogP) is 2.73. The second-order valence-electron chi connectivity index (χ2n) is 7.69. The van der Waals surface area contributed by atoms with E-state index in [1.54, 1.807) is 0 Å². The Morgan fingerprint density at radius 1 is 1.03 bits per heavy atom. The quantitative estimate of drug-likeness (QED) is 0.372. The Morgan fingerprint density at radius 3 is 2.38 bits per heavy atom. The summed E-state index contributed by atoms with van der Waals surface area (Å²) in [7, 11) is 0. The summed E-state index contributed by atoms with van der Waals surface area (Å²) < 4.78 is 52.1. The lowest BCUT2D eigenvalue weighted by molar-refractivity contribution is -0.137. The first-order valence-electron chi connectivity index (χ1n) is 10.3. The van der Waals surface area contributed by atoms with E-state index in [0.29, 0.717) is 16.5 Å². The molecule has 0 aliphatic carbocycles. The number of pyridine rings is 1. The third-order valence-corrected chi connectivity index (χ3v) is 5.08. The van der Waals surface area contributed by atoms with E-state index in [1.165, 1.54) is 42.6 Å². The van der Waals surface area contributed by atoms with Crippen LogP contribution in [-0.4, -0.2) is 35.4 Å². The Morgan fingerprint density at radius 2 is 1.74 bits per heavy atom. The van der Waals surface area contributed by atoms with Crippen LogP contribution in [0.3, 0.4) is 0 Å². The summed E-state index contributed by atoms with van der Waals surface area (Å²) in [4.78, 5) is 29.6. The molecular weight excluding hydrogens is 454 g/mol. The molecule has 180 valence electrons. The minimum Gasteiger partial charge on any atom is -0.343 e. The first-order valence-corrected chi connectivity index (χ1v) is 10.3. The second kappa shape index (κ2) is 10.6. The number of amides is 2. The molecule has 0 unspecified atom stereocenters. The Bertz CT molecular complexity index is 1170. The molecule has 34 heavy (non-hydrogen) atoms. The van der Waals surface area contributed by atoms with Crippen molar-refractivity contribution in [2.75, 3.05) is 11.9 Å². The minimum atomic E-state index is -4.50. The van der Waals surface area contributed by atoms with E-state index in [2.05, 4.69) is 15.6 Å². The first kappa shape index (κ1) is 25.1. The van der Waals surface area contributed by atoms with E-state index >= 15 is 0 Å². The Labute approximate surface area is 192 Å². The van der Waals surface area contributed by atoms with Crippen molar-refractivity contribution in [3.05, 3.63) is 71.7 Å². The zero-order chi connectivity index (χ0) is 24.9. The van der Waals surface area contributed by atoms with Gasteiger partial charge in [0, 0.05) is 11.8 Å². The average Bonchev–Trinajstić information content (AvgIpc) is 2.78. The summed E-state index contributed by atoms with van der Waals surface area (Å²) in [6.07, 6.45) is -3.04. The topological polar surface area (TPSA) is 123 Å². The summed E-state index contributed by atoms with van der Waals surface area (Å²) in [5.74, 6) is -1.75. The molecule has 0 aliphatic heterocycles. The van der Waals surface area contributed by atoms with Gasteiger partial charge in [0.2, 0.25) is 11.8 Å². The van der Waals surface area contributed by atoms with Gasteiger partial charge in [-0.2, -0.15) is 13.2 Å². The van der Waals surface area contributed by atoms with Gasteiger partial charge >= 0.3 is 6.18 Å². The Balaban J connectivity index is 1.81. The van der Waals surface area contributed by atoms with Crippen molar-refractivity contribution >= 4 is 28.4 Å². The molecule has 3 aromatic rings. The molecule has 2 amide bonds. The zero-order valence-corrected chi connectivity index (χ0v) is 17.9. The van der Waals surface area contributed by atoms with Gasteiger partial charge in [-0.25, -0.2) is 4.39 Å². The fraction of sp³-hybridized carbons (Fsp3) is 0.261. The van der Waals surface area contributed by atoms with Gasteiger partial charge < -0.3 is 22.1 Å². The van der Waals surface area contributed by atoms with Crippen molar-refractivity contribution in [2.45, 2.75) is 31.1 Å². The molecule has 7 nitrogen and oxygen atoms in total. The predicted molar refractivity (Wildman–Crippen MR) is 119 cm³/mol. The number of nitrogens with one attached hydrogen (secondary N) is 2. The number of benzene rings is 2. The number of nitrogens with zero attached hydrogens (tertiary/aromatic N) is 1. The van der Waals surface area contributed by atoms with Crippen molar-refractivity contribution in [1.82, 2.24) is 10.3 Å². The molecule has 0 saturated heterocycles. The van der Waals surface area contributed by atoms with E-state index in [9.17, 15) is 27.2 Å². The fourth-order valence-electron chi connectivity index (χ4n) is 3.26. The monoisotopic (exact) mass is 477 g/mol. The van der Waals surface area contributed by atoms with E-state index in [0.717, 1.165) is 12.1 Å². The summed E-state index contributed by atoms with van der Waals surface area (Å²) in [5, 5.41) is 5.58. The van der Waals surface area contributed by atoms with E-state index in [4.69, 9.17) is 11.5 Å². The van der Waals surface area contributed by atoms with Crippen LogP contribution in [0.2, 0.25) is 0 Å². The number of hydrogen-bond donors (Lipinski definition) is 4. The van der Waals surface area contributed by atoms with Gasteiger partial charge in [0.1, 0.15) is 11.9 Å². The lowest BCUT2D eigenvalue weighted by atomic mass is 10.0. The number of carbonyl (C=O) groups is 2. The van der Waals surface area contributed by atoms with Crippen molar-refractivity contribution in [3.63, 3.8) is 0 Å².